The number of ether oxygens (including phenoxy) is 2. The fraction of sp³-hybridized carbons (Fsp3) is 0.238. The molecule has 142 valence electrons. The zero-order valence-corrected chi connectivity index (χ0v) is 16.0. The number of hydrogen-bond acceptors (Lipinski definition) is 4. The topological polar surface area (TPSA) is 59.1 Å². The Morgan fingerprint density at radius 1 is 1.00 bits per heavy atom. The maximum Gasteiger partial charge on any atom is 0.251 e. The Morgan fingerprint density at radius 3 is 2.30 bits per heavy atom. The summed E-state index contributed by atoms with van der Waals surface area (Å²) in [5.74, 6) is 0.795. The third-order valence-electron chi connectivity index (χ3n) is 3.97. The van der Waals surface area contributed by atoms with Gasteiger partial charge in [-0.3, -0.25) is 14.5 Å². The van der Waals surface area contributed by atoms with Gasteiger partial charge in [0.2, 0.25) is 5.91 Å². The first kappa shape index (κ1) is 20.0. The summed E-state index contributed by atoms with van der Waals surface area (Å²) in [5.41, 5.74) is 1.39. The molecule has 0 atom stereocenters. The van der Waals surface area contributed by atoms with Crippen molar-refractivity contribution in [3.63, 3.8) is 0 Å². The summed E-state index contributed by atoms with van der Waals surface area (Å²) in [6.45, 7) is -0.0417. The molecule has 0 unspecified atom stereocenters. The minimum Gasteiger partial charge on any atom is -0.497 e. The summed E-state index contributed by atoms with van der Waals surface area (Å²) in [6.07, 6.45) is 3.09. The van der Waals surface area contributed by atoms with E-state index in [1.54, 1.807) is 64.7 Å². The van der Waals surface area contributed by atoms with Crippen LogP contribution in [0.4, 0.5) is 5.69 Å². The van der Waals surface area contributed by atoms with Gasteiger partial charge in [0.1, 0.15) is 18.0 Å². The zero-order chi connectivity index (χ0) is 19.8. The van der Waals surface area contributed by atoms with Crippen LogP contribution in [0.3, 0.4) is 0 Å². The number of carbonyl (C=O) groups excluding carboxylic acids is 2. The second-order valence-electron chi connectivity index (χ2n) is 5.99. The molecule has 6 nitrogen and oxygen atoms in total. The Morgan fingerprint density at radius 2 is 1.70 bits per heavy atom. The highest BCUT2D eigenvalue weighted by atomic mass is 16.5. The molecule has 0 heterocycles. The molecule has 0 bridgehead atoms. The molecule has 0 radical (unpaired) electrons. The predicted octanol–water partition coefficient (Wildman–Crippen LogP) is 2.84. The van der Waals surface area contributed by atoms with E-state index in [4.69, 9.17) is 9.47 Å². The number of amides is 2. The number of anilines is 1. The van der Waals surface area contributed by atoms with Gasteiger partial charge < -0.3 is 14.4 Å². The number of rotatable bonds is 7. The molecule has 0 aliphatic carbocycles. The van der Waals surface area contributed by atoms with E-state index in [1.807, 2.05) is 18.2 Å². The van der Waals surface area contributed by atoms with Crippen LogP contribution in [-0.2, 0) is 9.59 Å². The van der Waals surface area contributed by atoms with Gasteiger partial charge in [-0.1, -0.05) is 18.2 Å². The highest BCUT2D eigenvalue weighted by Crippen LogP contribution is 2.25. The summed E-state index contributed by atoms with van der Waals surface area (Å²) in [5, 5.41) is 0. The second kappa shape index (κ2) is 9.43. The molecule has 6 heteroatoms. The van der Waals surface area contributed by atoms with Gasteiger partial charge in [0.15, 0.2) is 0 Å². The first-order valence-corrected chi connectivity index (χ1v) is 8.43. The van der Waals surface area contributed by atoms with Crippen molar-refractivity contribution in [2.24, 2.45) is 0 Å². The van der Waals surface area contributed by atoms with E-state index in [9.17, 15) is 9.59 Å². The van der Waals surface area contributed by atoms with Crippen LogP contribution in [-0.4, -0.2) is 51.6 Å². The van der Waals surface area contributed by atoms with Crippen molar-refractivity contribution in [3.8, 4) is 11.5 Å². The van der Waals surface area contributed by atoms with Crippen LogP contribution in [0.1, 0.15) is 5.56 Å². The average Bonchev–Trinajstić information content (AvgIpc) is 2.70. The summed E-state index contributed by atoms with van der Waals surface area (Å²) in [4.78, 5) is 27.8. The number of methoxy groups -OCH3 is 2. The standard InChI is InChI=1S/C21H24N2O4/c1-22(2)21(25)15-23(17-8-6-5-7-9-17)20(24)13-11-16-10-12-18(26-3)14-19(16)27-4/h5-14H,15H2,1-4H3/b13-11+. The van der Waals surface area contributed by atoms with Crippen LogP contribution in [0, 0.1) is 0 Å². The van der Waals surface area contributed by atoms with E-state index in [0.717, 1.165) is 5.56 Å². The maximum absolute atomic E-state index is 12.8. The van der Waals surface area contributed by atoms with Gasteiger partial charge in [0.25, 0.3) is 5.91 Å². The largest absolute Gasteiger partial charge is 0.497 e. The molecule has 0 saturated heterocycles. The molecule has 2 aromatic rings. The van der Waals surface area contributed by atoms with E-state index < -0.39 is 0 Å². The molecule has 0 aliphatic rings. The van der Waals surface area contributed by atoms with Gasteiger partial charge in [-0.2, -0.15) is 0 Å². The smallest absolute Gasteiger partial charge is 0.251 e. The van der Waals surface area contributed by atoms with Crippen molar-refractivity contribution in [2.45, 2.75) is 0 Å². The van der Waals surface area contributed by atoms with Crippen molar-refractivity contribution >= 4 is 23.6 Å². The van der Waals surface area contributed by atoms with Gasteiger partial charge in [-0.25, -0.2) is 0 Å². The molecule has 0 N–H and O–H groups in total. The van der Waals surface area contributed by atoms with Crippen molar-refractivity contribution in [1.29, 1.82) is 0 Å². The van der Waals surface area contributed by atoms with Crippen LogP contribution in [0.15, 0.2) is 54.6 Å². The molecule has 0 spiro atoms. The Hall–Kier alpha value is -3.28. The molecule has 0 aliphatic heterocycles. The van der Waals surface area contributed by atoms with Crippen LogP contribution >= 0.6 is 0 Å². The summed E-state index contributed by atoms with van der Waals surface area (Å²) >= 11 is 0. The monoisotopic (exact) mass is 368 g/mol. The lowest BCUT2D eigenvalue weighted by Gasteiger charge is -2.22. The summed E-state index contributed by atoms with van der Waals surface area (Å²) in [6, 6.07) is 14.4. The van der Waals surface area contributed by atoms with Crippen molar-refractivity contribution in [3.05, 3.63) is 60.2 Å². The first-order valence-electron chi connectivity index (χ1n) is 8.43. The van der Waals surface area contributed by atoms with E-state index in [-0.39, 0.29) is 18.4 Å². The lowest BCUT2D eigenvalue weighted by atomic mass is 10.1. The number of para-hydroxylation sites is 1. The molecule has 2 amide bonds. The Labute approximate surface area is 159 Å². The van der Waals surface area contributed by atoms with Crippen LogP contribution in [0.25, 0.3) is 6.08 Å². The molecule has 2 aromatic carbocycles. The quantitative estimate of drug-likeness (QED) is 0.705. The normalized spacial score (nSPS) is 10.5. The fourth-order valence-corrected chi connectivity index (χ4v) is 2.39. The zero-order valence-electron chi connectivity index (χ0n) is 16.0. The lowest BCUT2D eigenvalue weighted by molar-refractivity contribution is -0.128. The SMILES string of the molecule is COc1ccc(/C=C/C(=O)N(CC(=O)N(C)C)c2ccccc2)c(OC)c1. The van der Waals surface area contributed by atoms with Crippen LogP contribution in [0.2, 0.25) is 0 Å². The summed E-state index contributed by atoms with van der Waals surface area (Å²) in [7, 11) is 6.45. The molecular formula is C21H24N2O4. The van der Waals surface area contributed by atoms with Gasteiger partial charge in [-0.05, 0) is 30.3 Å². The number of benzene rings is 2. The minimum atomic E-state index is -0.297. The average molecular weight is 368 g/mol. The molecule has 0 aromatic heterocycles. The van der Waals surface area contributed by atoms with Crippen LogP contribution < -0.4 is 14.4 Å². The van der Waals surface area contributed by atoms with Gasteiger partial charge in [-0.15, -0.1) is 0 Å². The van der Waals surface area contributed by atoms with Crippen molar-refractivity contribution < 1.29 is 19.1 Å². The van der Waals surface area contributed by atoms with Gasteiger partial charge in [0, 0.05) is 37.5 Å². The van der Waals surface area contributed by atoms with Gasteiger partial charge >= 0.3 is 0 Å². The molecule has 27 heavy (non-hydrogen) atoms. The minimum absolute atomic E-state index is 0.0417. The summed E-state index contributed by atoms with van der Waals surface area (Å²) < 4.78 is 10.5. The maximum atomic E-state index is 12.8. The fourth-order valence-electron chi connectivity index (χ4n) is 2.39. The Balaban J connectivity index is 2.27. The Kier molecular flexibility index (Phi) is 7.00. The third kappa shape index (κ3) is 5.34. The number of carbonyl (C=O) groups is 2. The van der Waals surface area contributed by atoms with E-state index >= 15 is 0 Å². The van der Waals surface area contributed by atoms with Crippen molar-refractivity contribution in [1.82, 2.24) is 4.90 Å². The highest BCUT2D eigenvalue weighted by molar-refractivity contribution is 6.06. The van der Waals surface area contributed by atoms with Crippen molar-refractivity contribution in [2.75, 3.05) is 39.8 Å². The van der Waals surface area contributed by atoms with E-state index in [0.29, 0.717) is 17.2 Å². The third-order valence-corrected chi connectivity index (χ3v) is 3.97. The number of nitrogens with zero attached hydrogens (tertiary/aromatic N) is 2. The van der Waals surface area contributed by atoms with E-state index in [1.165, 1.54) is 15.9 Å². The lowest BCUT2D eigenvalue weighted by Crippen LogP contribution is -2.39. The number of hydrogen-bond donors (Lipinski definition) is 0. The molecule has 0 saturated carbocycles. The van der Waals surface area contributed by atoms with Gasteiger partial charge in [0.05, 0.1) is 14.2 Å². The first-order chi connectivity index (χ1) is 13.0. The number of likely N-dealkylation sites (N-methyl/N-ethyl adjacent to an activating group) is 1. The molecule has 0 fully saturated rings. The second-order valence-corrected chi connectivity index (χ2v) is 5.99. The predicted molar refractivity (Wildman–Crippen MR) is 106 cm³/mol. The van der Waals surface area contributed by atoms with Crippen LogP contribution in [0.5, 0.6) is 11.5 Å². The molecular weight excluding hydrogens is 344 g/mol. The highest BCUT2D eigenvalue weighted by Gasteiger charge is 2.18. The van der Waals surface area contributed by atoms with E-state index in [2.05, 4.69) is 0 Å². The Bertz CT molecular complexity index is 816. The molecule has 2 rings (SSSR count).